The lowest BCUT2D eigenvalue weighted by Gasteiger charge is -2.23. The molecule has 0 saturated carbocycles. The Morgan fingerprint density at radius 2 is 2.11 bits per heavy atom. The van der Waals surface area contributed by atoms with Crippen molar-refractivity contribution in [2.45, 2.75) is 25.8 Å². The van der Waals surface area contributed by atoms with Crippen LogP contribution in [-0.4, -0.2) is 56.2 Å². The number of carbonyl (C=O) groups excluding carboxylic acids is 2. The summed E-state index contributed by atoms with van der Waals surface area (Å²) in [6.45, 7) is 1.90. The van der Waals surface area contributed by atoms with Crippen LogP contribution in [0, 0.1) is 5.92 Å². The van der Waals surface area contributed by atoms with Gasteiger partial charge in [0.05, 0.1) is 17.9 Å². The van der Waals surface area contributed by atoms with E-state index in [1.54, 1.807) is 22.2 Å². The molecule has 2 aromatic heterocycles. The Morgan fingerprint density at radius 1 is 1.26 bits per heavy atom. The number of H-pyrrole nitrogens is 1. The lowest BCUT2D eigenvalue weighted by molar-refractivity contribution is -0.135. The van der Waals surface area contributed by atoms with E-state index >= 15 is 0 Å². The Hall–Kier alpha value is -3.03. The van der Waals surface area contributed by atoms with E-state index in [1.807, 2.05) is 12.1 Å². The Kier molecular flexibility index (Phi) is 4.70. The highest BCUT2D eigenvalue weighted by Crippen LogP contribution is 2.23. The van der Waals surface area contributed by atoms with Crippen LogP contribution in [-0.2, 0) is 29.0 Å². The van der Waals surface area contributed by atoms with Crippen molar-refractivity contribution in [3.8, 4) is 0 Å². The number of likely N-dealkylation sites (tertiary alicyclic amines) is 1. The van der Waals surface area contributed by atoms with Crippen LogP contribution < -0.4 is 5.56 Å². The third kappa shape index (κ3) is 3.60. The SMILES string of the molecule is O=C1C[C@@H](C(=O)N2CCc3nc[nH]c(=O)c3CC2)CN1Cc1cccnc1. The van der Waals surface area contributed by atoms with E-state index in [1.165, 1.54) is 6.33 Å². The summed E-state index contributed by atoms with van der Waals surface area (Å²) in [5.41, 5.74) is 2.24. The number of aromatic amines is 1. The molecular weight excluding hydrogens is 346 g/mol. The van der Waals surface area contributed by atoms with Gasteiger partial charge in [-0.15, -0.1) is 0 Å². The third-order valence-corrected chi connectivity index (χ3v) is 5.26. The van der Waals surface area contributed by atoms with Gasteiger partial charge in [0.15, 0.2) is 0 Å². The Balaban J connectivity index is 1.41. The van der Waals surface area contributed by atoms with E-state index in [2.05, 4.69) is 15.0 Å². The van der Waals surface area contributed by atoms with Crippen molar-refractivity contribution in [1.82, 2.24) is 24.8 Å². The molecule has 2 aliphatic rings. The average molecular weight is 367 g/mol. The van der Waals surface area contributed by atoms with Gasteiger partial charge < -0.3 is 14.8 Å². The maximum atomic E-state index is 13.0. The number of carbonyl (C=O) groups is 2. The van der Waals surface area contributed by atoms with Crippen molar-refractivity contribution in [2.75, 3.05) is 19.6 Å². The van der Waals surface area contributed by atoms with Crippen molar-refractivity contribution >= 4 is 11.8 Å². The molecule has 1 fully saturated rings. The highest BCUT2D eigenvalue weighted by Gasteiger charge is 2.37. The van der Waals surface area contributed by atoms with Gasteiger partial charge in [-0.3, -0.25) is 19.4 Å². The molecular formula is C19H21N5O3. The minimum absolute atomic E-state index is 0.00609. The lowest BCUT2D eigenvalue weighted by Crippen LogP contribution is -2.39. The summed E-state index contributed by atoms with van der Waals surface area (Å²) in [6.07, 6.45) is 6.12. The normalized spacial score (nSPS) is 19.7. The van der Waals surface area contributed by atoms with E-state index in [0.29, 0.717) is 44.6 Å². The van der Waals surface area contributed by atoms with Gasteiger partial charge >= 0.3 is 0 Å². The van der Waals surface area contributed by atoms with E-state index in [-0.39, 0.29) is 29.7 Å². The van der Waals surface area contributed by atoms with Crippen molar-refractivity contribution in [3.05, 3.63) is 58.0 Å². The monoisotopic (exact) mass is 367 g/mol. The Morgan fingerprint density at radius 3 is 2.93 bits per heavy atom. The zero-order chi connectivity index (χ0) is 18.8. The van der Waals surface area contributed by atoms with Crippen LogP contribution in [0.2, 0.25) is 0 Å². The van der Waals surface area contributed by atoms with Crippen LogP contribution in [0.4, 0.5) is 0 Å². The van der Waals surface area contributed by atoms with E-state index < -0.39 is 0 Å². The Bertz CT molecular complexity index is 911. The molecule has 2 aliphatic heterocycles. The zero-order valence-electron chi connectivity index (χ0n) is 14.9. The first-order valence-corrected chi connectivity index (χ1v) is 9.12. The summed E-state index contributed by atoms with van der Waals surface area (Å²) < 4.78 is 0. The molecule has 2 aromatic rings. The molecule has 1 N–H and O–H groups in total. The number of nitrogens with one attached hydrogen (secondary N) is 1. The highest BCUT2D eigenvalue weighted by atomic mass is 16.2. The van der Waals surface area contributed by atoms with Crippen LogP contribution >= 0.6 is 0 Å². The standard InChI is InChI=1S/C19H21N5O3/c25-17-8-14(11-24(17)10-13-2-1-5-20-9-13)19(27)23-6-3-15-16(4-7-23)21-12-22-18(15)26/h1-2,5,9,12,14H,3-4,6-8,10-11H2,(H,21,22,26)/t14-/m1/s1. The maximum Gasteiger partial charge on any atom is 0.254 e. The first kappa shape index (κ1) is 17.4. The van der Waals surface area contributed by atoms with Gasteiger partial charge in [0.2, 0.25) is 11.8 Å². The van der Waals surface area contributed by atoms with Crippen LogP contribution in [0.25, 0.3) is 0 Å². The summed E-state index contributed by atoms with van der Waals surface area (Å²) in [4.78, 5) is 51.7. The second kappa shape index (κ2) is 7.30. The minimum Gasteiger partial charge on any atom is -0.342 e. The van der Waals surface area contributed by atoms with Crippen LogP contribution in [0.1, 0.15) is 23.2 Å². The molecule has 0 unspecified atom stereocenters. The number of rotatable bonds is 3. The van der Waals surface area contributed by atoms with Crippen LogP contribution in [0.3, 0.4) is 0 Å². The molecule has 2 amide bonds. The quantitative estimate of drug-likeness (QED) is 0.832. The number of pyridine rings is 1. The van der Waals surface area contributed by atoms with Gasteiger partial charge in [0.25, 0.3) is 5.56 Å². The van der Waals surface area contributed by atoms with Crippen LogP contribution in [0.15, 0.2) is 35.6 Å². The number of fused-ring (bicyclic) bond motifs is 1. The first-order chi connectivity index (χ1) is 13.1. The predicted octanol–water partition coefficient (Wildman–Crippen LogP) is 0.141. The molecule has 8 nitrogen and oxygen atoms in total. The second-order valence-electron chi connectivity index (χ2n) is 7.02. The molecule has 0 radical (unpaired) electrons. The summed E-state index contributed by atoms with van der Waals surface area (Å²) in [7, 11) is 0. The van der Waals surface area contributed by atoms with Gasteiger partial charge in [0.1, 0.15) is 0 Å². The fraction of sp³-hybridized carbons (Fsp3) is 0.421. The van der Waals surface area contributed by atoms with Crippen molar-refractivity contribution < 1.29 is 9.59 Å². The molecule has 4 rings (SSSR count). The maximum absolute atomic E-state index is 13.0. The third-order valence-electron chi connectivity index (χ3n) is 5.26. The molecule has 4 heterocycles. The molecule has 0 aromatic carbocycles. The minimum atomic E-state index is -0.332. The second-order valence-corrected chi connectivity index (χ2v) is 7.02. The molecule has 1 atom stereocenters. The summed E-state index contributed by atoms with van der Waals surface area (Å²) >= 11 is 0. The largest absolute Gasteiger partial charge is 0.342 e. The molecule has 0 bridgehead atoms. The molecule has 0 aliphatic carbocycles. The van der Waals surface area contributed by atoms with Crippen molar-refractivity contribution in [1.29, 1.82) is 0 Å². The predicted molar refractivity (Wildman–Crippen MR) is 96.6 cm³/mol. The van der Waals surface area contributed by atoms with Crippen molar-refractivity contribution in [3.63, 3.8) is 0 Å². The molecule has 8 heteroatoms. The molecule has 140 valence electrons. The summed E-state index contributed by atoms with van der Waals surface area (Å²) in [6, 6.07) is 3.76. The molecule has 27 heavy (non-hydrogen) atoms. The number of amides is 2. The number of hydrogen-bond donors (Lipinski definition) is 1. The van der Waals surface area contributed by atoms with Crippen LogP contribution in [0.5, 0.6) is 0 Å². The van der Waals surface area contributed by atoms with Gasteiger partial charge in [0, 0.05) is 57.0 Å². The van der Waals surface area contributed by atoms with E-state index in [9.17, 15) is 14.4 Å². The summed E-state index contributed by atoms with van der Waals surface area (Å²) in [5, 5.41) is 0. The fourth-order valence-corrected chi connectivity index (χ4v) is 3.82. The van der Waals surface area contributed by atoms with E-state index in [4.69, 9.17) is 0 Å². The average Bonchev–Trinajstić information content (AvgIpc) is 2.90. The van der Waals surface area contributed by atoms with E-state index in [0.717, 1.165) is 11.3 Å². The summed E-state index contributed by atoms with van der Waals surface area (Å²) in [5.74, 6) is -0.351. The number of hydrogen-bond acceptors (Lipinski definition) is 5. The number of nitrogens with zero attached hydrogens (tertiary/aromatic N) is 4. The zero-order valence-corrected chi connectivity index (χ0v) is 14.9. The molecule has 1 saturated heterocycles. The molecule has 0 spiro atoms. The van der Waals surface area contributed by atoms with Gasteiger partial charge in [-0.2, -0.15) is 0 Å². The van der Waals surface area contributed by atoms with Crippen molar-refractivity contribution in [2.24, 2.45) is 5.92 Å². The van der Waals surface area contributed by atoms with Gasteiger partial charge in [-0.25, -0.2) is 4.98 Å². The van der Waals surface area contributed by atoms with Gasteiger partial charge in [-0.1, -0.05) is 6.07 Å². The lowest BCUT2D eigenvalue weighted by atomic mass is 10.1. The topological polar surface area (TPSA) is 99.3 Å². The van der Waals surface area contributed by atoms with Gasteiger partial charge in [-0.05, 0) is 18.1 Å². The smallest absolute Gasteiger partial charge is 0.254 e. The highest BCUT2D eigenvalue weighted by molar-refractivity contribution is 5.89. The number of aromatic nitrogens is 3. The Labute approximate surface area is 156 Å². The fourth-order valence-electron chi connectivity index (χ4n) is 3.82. The first-order valence-electron chi connectivity index (χ1n) is 9.12.